The average molecular weight is 646 g/mol. The highest BCUT2D eigenvalue weighted by Gasteiger charge is 2.44. The van der Waals surface area contributed by atoms with E-state index in [4.69, 9.17) is 28.2 Å². The highest BCUT2D eigenvalue weighted by molar-refractivity contribution is 7.86. The largest absolute Gasteiger partial charge is 0.522 e. The van der Waals surface area contributed by atoms with E-state index in [1.165, 1.54) is 29.2 Å². The van der Waals surface area contributed by atoms with Crippen molar-refractivity contribution >= 4 is 46.5 Å². The molecule has 1 aromatic carbocycles. The summed E-state index contributed by atoms with van der Waals surface area (Å²) in [5, 5.41) is 10.6. The topological polar surface area (TPSA) is 203 Å². The summed E-state index contributed by atoms with van der Waals surface area (Å²) in [4.78, 5) is 52.3. The van der Waals surface area contributed by atoms with Gasteiger partial charge in [-0.15, -0.1) is 0 Å². The van der Waals surface area contributed by atoms with E-state index in [-0.39, 0.29) is 30.1 Å². The number of alkyl halides is 3. The third-order valence-corrected chi connectivity index (χ3v) is 7.11. The van der Waals surface area contributed by atoms with E-state index in [9.17, 15) is 37.7 Å². The van der Waals surface area contributed by atoms with E-state index in [2.05, 4.69) is 17.5 Å². The molecule has 0 unspecified atom stereocenters. The molecule has 42 heavy (non-hydrogen) atoms. The summed E-state index contributed by atoms with van der Waals surface area (Å²) in [6, 6.07) is 5.08. The van der Waals surface area contributed by atoms with Crippen molar-refractivity contribution < 1.29 is 54.9 Å². The monoisotopic (exact) mass is 645 g/mol. The first-order chi connectivity index (χ1) is 19.5. The molecule has 0 aromatic heterocycles. The van der Waals surface area contributed by atoms with Crippen molar-refractivity contribution in [1.82, 2.24) is 14.7 Å². The number of carbonyl (C=O) groups is 3. The fraction of sp³-hybridized carbons (Fsp3) is 0.591. The highest BCUT2D eigenvalue weighted by Crippen LogP contribution is 2.25. The number of rotatable bonds is 7. The van der Waals surface area contributed by atoms with Crippen molar-refractivity contribution in [3.05, 3.63) is 39.9 Å². The van der Waals surface area contributed by atoms with Gasteiger partial charge in [-0.1, -0.05) is 0 Å². The summed E-state index contributed by atoms with van der Waals surface area (Å²) in [5.41, 5.74) is 0.0111. The number of nitrogens with two attached hydrogens (primary N) is 1. The van der Waals surface area contributed by atoms with E-state index in [0.717, 1.165) is 13.0 Å². The van der Waals surface area contributed by atoms with E-state index >= 15 is 0 Å². The van der Waals surface area contributed by atoms with Crippen molar-refractivity contribution in [2.75, 3.05) is 45.9 Å². The van der Waals surface area contributed by atoms with Crippen LogP contribution in [-0.2, 0) is 31.0 Å². The first kappa shape index (κ1) is 34.8. The average Bonchev–Trinajstić information content (AvgIpc) is 3.13. The summed E-state index contributed by atoms with van der Waals surface area (Å²) in [6.45, 7) is 3.40. The number of non-ortho nitro benzene ring substituents is 1. The lowest BCUT2D eigenvalue weighted by Gasteiger charge is -2.29. The number of hydrogen-bond donors (Lipinski definition) is 3. The van der Waals surface area contributed by atoms with E-state index in [1.54, 1.807) is 4.90 Å². The molecule has 1 aromatic rings. The number of primary amides is 1. The molecule has 2 atom stereocenters. The smallest absolute Gasteiger partial charge is 0.448 e. The van der Waals surface area contributed by atoms with Crippen LogP contribution in [0.5, 0.6) is 0 Å². The zero-order valence-corrected chi connectivity index (χ0v) is 23.7. The third-order valence-electron chi connectivity index (χ3n) is 6.15. The predicted molar refractivity (Wildman–Crippen MR) is 142 cm³/mol. The second-order valence-corrected chi connectivity index (χ2v) is 11.3. The molecule has 236 valence electrons. The number of nitro groups is 1. The summed E-state index contributed by atoms with van der Waals surface area (Å²) in [5.74, 6) is -0.140. The number of benzene rings is 1. The van der Waals surface area contributed by atoms with Crippen LogP contribution in [0.15, 0.2) is 24.3 Å². The molecule has 0 aliphatic carbocycles. The van der Waals surface area contributed by atoms with Crippen molar-refractivity contribution in [3.8, 4) is 0 Å². The lowest BCUT2D eigenvalue weighted by atomic mass is 10.2. The van der Waals surface area contributed by atoms with Crippen LogP contribution < -0.4 is 5.73 Å². The van der Waals surface area contributed by atoms with Crippen molar-refractivity contribution in [2.24, 2.45) is 5.73 Å². The first-order valence-electron chi connectivity index (χ1n) is 12.3. The second kappa shape index (κ2) is 15.2. The van der Waals surface area contributed by atoms with Gasteiger partial charge in [-0.3, -0.25) is 29.3 Å². The van der Waals surface area contributed by atoms with Crippen LogP contribution >= 0.6 is 12.6 Å². The minimum absolute atomic E-state index is 0.0467. The number of likely N-dealkylation sites (tertiary alicyclic amines) is 1. The normalized spacial score (nSPS) is 19.7. The summed E-state index contributed by atoms with van der Waals surface area (Å²) in [7, 11) is -5.84. The van der Waals surface area contributed by atoms with Gasteiger partial charge in [-0.2, -0.15) is 34.2 Å². The number of nitrogens with zero attached hydrogens (tertiary/aromatic N) is 4. The lowest BCUT2D eigenvalue weighted by Crippen LogP contribution is -2.49. The molecule has 2 fully saturated rings. The van der Waals surface area contributed by atoms with E-state index in [1.807, 2.05) is 0 Å². The minimum atomic E-state index is -5.84. The Kier molecular flexibility index (Phi) is 12.6. The van der Waals surface area contributed by atoms with Gasteiger partial charge in [-0.25, -0.2) is 9.59 Å². The number of nitro benzene ring substituents is 1. The summed E-state index contributed by atoms with van der Waals surface area (Å²) in [6.07, 6.45) is -0.242. The summed E-state index contributed by atoms with van der Waals surface area (Å²) < 4.78 is 67.7. The quantitative estimate of drug-likeness (QED) is 0.128. The van der Waals surface area contributed by atoms with Gasteiger partial charge in [0.25, 0.3) is 5.69 Å². The predicted octanol–water partition coefficient (Wildman–Crippen LogP) is 1.63. The van der Waals surface area contributed by atoms with Gasteiger partial charge in [0.2, 0.25) is 5.91 Å². The lowest BCUT2D eigenvalue weighted by molar-refractivity contribution is -0.384. The Morgan fingerprint density at radius 2 is 1.74 bits per heavy atom. The van der Waals surface area contributed by atoms with Gasteiger partial charge < -0.3 is 20.1 Å². The molecular weight excluding hydrogens is 615 g/mol. The molecule has 3 amide bonds. The van der Waals surface area contributed by atoms with Crippen LogP contribution in [0, 0.1) is 10.1 Å². The molecule has 0 saturated carbocycles. The van der Waals surface area contributed by atoms with Crippen molar-refractivity contribution in [2.45, 2.75) is 36.2 Å². The Hall–Kier alpha value is -3.36. The van der Waals surface area contributed by atoms with Gasteiger partial charge in [0.05, 0.1) is 4.92 Å². The van der Waals surface area contributed by atoms with E-state index in [0.29, 0.717) is 44.7 Å². The molecule has 20 heteroatoms. The zero-order chi connectivity index (χ0) is 31.7. The standard InChI is InChI=1S/C21H29N5O7S.CHF3O3S/c22-20(28)32-11-10-23-6-1-7-24(9-8-23)19(27)18-12-17(34)13-25(18)21(29)33-14-15-2-4-16(5-3-15)26(30)31;2-1(3,4)8(5,6)7/h2-5,17-18,34H,1,6-14H2,(H2,22,28);(H,5,6,7)/t17-,18-;/m0./s1. The molecule has 2 aliphatic rings. The van der Waals surface area contributed by atoms with Crippen molar-refractivity contribution in [1.29, 1.82) is 0 Å². The number of halogens is 3. The maximum atomic E-state index is 13.3. The molecule has 0 bridgehead atoms. The number of carbonyl (C=O) groups excluding carboxylic acids is 3. The van der Waals surface area contributed by atoms with Crippen LogP contribution in [-0.4, -0.2) is 113 Å². The van der Waals surface area contributed by atoms with Crippen LogP contribution in [0.25, 0.3) is 0 Å². The molecule has 2 heterocycles. The maximum Gasteiger partial charge on any atom is 0.522 e. The SMILES string of the molecule is NC(=O)OCCN1CCCN(C(=O)[C@@H]2C[C@H](S)CN2C(=O)OCc2ccc([N+](=O)[O-])cc2)CC1.O=S(=O)(O)C(F)(F)F. The molecule has 2 aliphatic heterocycles. The maximum absolute atomic E-state index is 13.3. The number of hydrogen-bond acceptors (Lipinski definition) is 11. The van der Waals surface area contributed by atoms with E-state index < -0.39 is 38.8 Å². The first-order valence-corrected chi connectivity index (χ1v) is 14.3. The Morgan fingerprint density at radius 1 is 1.12 bits per heavy atom. The zero-order valence-electron chi connectivity index (χ0n) is 22.0. The fourth-order valence-corrected chi connectivity index (χ4v) is 4.47. The Morgan fingerprint density at radius 3 is 2.29 bits per heavy atom. The number of ether oxygens (including phenoxy) is 2. The molecule has 0 radical (unpaired) electrons. The Bertz CT molecular complexity index is 1220. The molecule has 0 spiro atoms. The molecule has 15 nitrogen and oxygen atoms in total. The number of thiol groups is 1. The van der Waals surface area contributed by atoms with Crippen LogP contribution in [0.2, 0.25) is 0 Å². The van der Waals surface area contributed by atoms with Crippen LogP contribution in [0.3, 0.4) is 0 Å². The van der Waals surface area contributed by atoms with Crippen LogP contribution in [0.1, 0.15) is 18.4 Å². The van der Waals surface area contributed by atoms with Gasteiger partial charge in [0.15, 0.2) is 0 Å². The van der Waals surface area contributed by atoms with Gasteiger partial charge in [0, 0.05) is 56.7 Å². The van der Waals surface area contributed by atoms with Crippen molar-refractivity contribution in [3.63, 3.8) is 0 Å². The minimum Gasteiger partial charge on any atom is -0.448 e. The van der Waals surface area contributed by atoms with Gasteiger partial charge in [-0.05, 0) is 30.5 Å². The highest BCUT2D eigenvalue weighted by atomic mass is 32.2. The Balaban J connectivity index is 0.000000675. The van der Waals surface area contributed by atoms with Gasteiger partial charge >= 0.3 is 27.8 Å². The number of amides is 3. The van der Waals surface area contributed by atoms with Crippen LogP contribution in [0.4, 0.5) is 28.4 Å². The second-order valence-electron chi connectivity index (χ2n) is 9.14. The summed E-state index contributed by atoms with van der Waals surface area (Å²) >= 11 is 4.48. The molecule has 3 rings (SSSR count). The third kappa shape index (κ3) is 10.8. The Labute approximate surface area is 244 Å². The van der Waals surface area contributed by atoms with Gasteiger partial charge in [0.1, 0.15) is 19.3 Å². The molecular formula is C22H30F3N5O10S2. The molecule has 3 N–H and O–H groups in total. The fourth-order valence-electron chi connectivity index (χ4n) is 4.09. The molecule has 2 saturated heterocycles.